The maximum Gasteiger partial charge on any atom is 0.272 e. The first-order valence-corrected chi connectivity index (χ1v) is 8.38. The van der Waals surface area contributed by atoms with Crippen molar-refractivity contribution in [3.63, 3.8) is 0 Å². The fourth-order valence-electron chi connectivity index (χ4n) is 2.89. The standard InChI is InChI=1S/C18H19ClFN3O/c19-15-5-3-6-16(20)14(15)13-22-9-4-10-23(12-11-22)18(24)17-7-1-2-8-21-17/h1-3,5-8H,4,9-13H2. The monoisotopic (exact) mass is 347 g/mol. The molecule has 1 fully saturated rings. The maximum absolute atomic E-state index is 13.9. The molecule has 0 atom stereocenters. The third-order valence-electron chi connectivity index (χ3n) is 4.20. The minimum Gasteiger partial charge on any atom is -0.336 e. The predicted octanol–water partition coefficient (Wildman–Crippen LogP) is 3.22. The molecule has 1 amide bonds. The molecule has 0 saturated carbocycles. The summed E-state index contributed by atoms with van der Waals surface area (Å²) in [6, 6.07) is 10.1. The van der Waals surface area contributed by atoms with E-state index in [-0.39, 0.29) is 11.7 Å². The van der Waals surface area contributed by atoms with Crippen LogP contribution in [-0.4, -0.2) is 46.9 Å². The molecule has 0 aliphatic carbocycles. The van der Waals surface area contributed by atoms with E-state index in [0.29, 0.717) is 42.5 Å². The van der Waals surface area contributed by atoms with Crippen LogP contribution in [-0.2, 0) is 6.54 Å². The number of carbonyl (C=O) groups is 1. The number of pyridine rings is 1. The number of benzene rings is 1. The summed E-state index contributed by atoms with van der Waals surface area (Å²) in [5, 5.41) is 0.445. The van der Waals surface area contributed by atoms with Crippen molar-refractivity contribution in [3.05, 3.63) is 64.7 Å². The highest BCUT2D eigenvalue weighted by Crippen LogP contribution is 2.21. The van der Waals surface area contributed by atoms with E-state index in [1.54, 1.807) is 30.5 Å². The Morgan fingerprint density at radius 2 is 2.00 bits per heavy atom. The fraction of sp³-hybridized carbons (Fsp3) is 0.333. The molecule has 126 valence electrons. The van der Waals surface area contributed by atoms with Gasteiger partial charge in [-0.15, -0.1) is 0 Å². The Balaban J connectivity index is 1.64. The molecule has 24 heavy (non-hydrogen) atoms. The number of aromatic nitrogens is 1. The highest BCUT2D eigenvalue weighted by Gasteiger charge is 2.22. The number of amides is 1. The number of halogens is 2. The lowest BCUT2D eigenvalue weighted by Gasteiger charge is -2.22. The summed E-state index contributed by atoms with van der Waals surface area (Å²) in [4.78, 5) is 20.6. The van der Waals surface area contributed by atoms with Gasteiger partial charge in [-0.25, -0.2) is 4.39 Å². The van der Waals surface area contributed by atoms with E-state index in [9.17, 15) is 9.18 Å². The van der Waals surface area contributed by atoms with Crippen molar-refractivity contribution >= 4 is 17.5 Å². The lowest BCUT2D eigenvalue weighted by Crippen LogP contribution is -2.35. The van der Waals surface area contributed by atoms with Crippen LogP contribution in [0.25, 0.3) is 0 Å². The molecule has 2 aromatic rings. The number of hydrogen-bond acceptors (Lipinski definition) is 3. The summed E-state index contributed by atoms with van der Waals surface area (Å²) in [5.74, 6) is -0.338. The summed E-state index contributed by atoms with van der Waals surface area (Å²) in [6.45, 7) is 3.22. The van der Waals surface area contributed by atoms with Crippen LogP contribution in [0.3, 0.4) is 0 Å². The van der Waals surface area contributed by atoms with Gasteiger partial charge < -0.3 is 4.90 Å². The molecular weight excluding hydrogens is 329 g/mol. The second kappa shape index (κ2) is 7.73. The van der Waals surface area contributed by atoms with Gasteiger partial charge >= 0.3 is 0 Å². The van der Waals surface area contributed by atoms with Gasteiger partial charge in [-0.1, -0.05) is 23.7 Å². The number of hydrogen-bond donors (Lipinski definition) is 0. The molecule has 0 unspecified atom stereocenters. The molecule has 0 radical (unpaired) electrons. The fourth-order valence-corrected chi connectivity index (χ4v) is 3.11. The van der Waals surface area contributed by atoms with Gasteiger partial charge in [0.25, 0.3) is 5.91 Å². The summed E-state index contributed by atoms with van der Waals surface area (Å²) in [5.41, 5.74) is 0.978. The SMILES string of the molecule is O=C(c1ccccn1)N1CCCN(Cc2c(F)cccc2Cl)CC1. The highest BCUT2D eigenvalue weighted by molar-refractivity contribution is 6.31. The number of nitrogens with zero attached hydrogens (tertiary/aromatic N) is 3. The van der Waals surface area contributed by atoms with Gasteiger partial charge in [0, 0.05) is 49.5 Å². The van der Waals surface area contributed by atoms with Gasteiger partial charge in [-0.05, 0) is 30.7 Å². The number of carbonyl (C=O) groups excluding carboxylic acids is 1. The largest absolute Gasteiger partial charge is 0.336 e. The van der Waals surface area contributed by atoms with Crippen molar-refractivity contribution in [1.82, 2.24) is 14.8 Å². The van der Waals surface area contributed by atoms with Gasteiger partial charge in [0.2, 0.25) is 0 Å². The zero-order chi connectivity index (χ0) is 16.9. The Hall–Kier alpha value is -1.98. The molecule has 1 aliphatic heterocycles. The molecule has 1 saturated heterocycles. The number of rotatable bonds is 3. The molecular formula is C18H19ClFN3O. The Bertz CT molecular complexity index is 690. The quantitative estimate of drug-likeness (QED) is 0.855. The summed E-state index contributed by atoms with van der Waals surface area (Å²) >= 11 is 6.11. The van der Waals surface area contributed by atoms with E-state index in [2.05, 4.69) is 9.88 Å². The second-order valence-electron chi connectivity index (χ2n) is 5.84. The Labute approximate surface area is 145 Å². The Kier molecular flexibility index (Phi) is 5.43. The zero-order valence-electron chi connectivity index (χ0n) is 13.3. The third kappa shape index (κ3) is 3.91. The first-order valence-electron chi connectivity index (χ1n) is 8.00. The normalized spacial score (nSPS) is 16.0. The van der Waals surface area contributed by atoms with Gasteiger partial charge in [-0.3, -0.25) is 14.7 Å². The molecule has 1 aromatic heterocycles. The average molecular weight is 348 g/mol. The van der Waals surface area contributed by atoms with Crippen LogP contribution in [0.1, 0.15) is 22.5 Å². The molecule has 4 nitrogen and oxygen atoms in total. The van der Waals surface area contributed by atoms with Crippen molar-refractivity contribution in [2.24, 2.45) is 0 Å². The van der Waals surface area contributed by atoms with Crippen LogP contribution >= 0.6 is 11.6 Å². The van der Waals surface area contributed by atoms with Crippen LogP contribution in [0.5, 0.6) is 0 Å². The van der Waals surface area contributed by atoms with Gasteiger partial charge in [-0.2, -0.15) is 0 Å². The third-order valence-corrected chi connectivity index (χ3v) is 4.56. The topological polar surface area (TPSA) is 36.4 Å². The highest BCUT2D eigenvalue weighted by atomic mass is 35.5. The molecule has 1 aliphatic rings. The lowest BCUT2D eigenvalue weighted by atomic mass is 10.2. The average Bonchev–Trinajstić information content (AvgIpc) is 2.84. The van der Waals surface area contributed by atoms with E-state index in [4.69, 9.17) is 11.6 Å². The summed E-state index contributed by atoms with van der Waals surface area (Å²) < 4.78 is 13.9. The minimum absolute atomic E-state index is 0.0543. The Morgan fingerprint density at radius 3 is 2.75 bits per heavy atom. The van der Waals surface area contributed by atoms with Crippen molar-refractivity contribution in [2.45, 2.75) is 13.0 Å². The molecule has 1 aromatic carbocycles. The van der Waals surface area contributed by atoms with Gasteiger partial charge in [0.05, 0.1) is 0 Å². The van der Waals surface area contributed by atoms with Crippen molar-refractivity contribution < 1.29 is 9.18 Å². The zero-order valence-corrected chi connectivity index (χ0v) is 14.0. The smallest absolute Gasteiger partial charge is 0.272 e. The van der Waals surface area contributed by atoms with E-state index in [1.807, 2.05) is 11.0 Å². The predicted molar refractivity (Wildman–Crippen MR) is 91.4 cm³/mol. The molecule has 0 bridgehead atoms. The van der Waals surface area contributed by atoms with Crippen molar-refractivity contribution in [2.75, 3.05) is 26.2 Å². The van der Waals surface area contributed by atoms with E-state index in [1.165, 1.54) is 6.07 Å². The first-order chi connectivity index (χ1) is 11.6. The van der Waals surface area contributed by atoms with Crippen molar-refractivity contribution in [1.29, 1.82) is 0 Å². The van der Waals surface area contributed by atoms with Crippen LogP contribution in [0.4, 0.5) is 4.39 Å². The van der Waals surface area contributed by atoms with E-state index < -0.39 is 0 Å². The molecule has 0 spiro atoms. The van der Waals surface area contributed by atoms with Crippen LogP contribution < -0.4 is 0 Å². The summed E-state index contributed by atoms with van der Waals surface area (Å²) in [7, 11) is 0. The first kappa shape index (κ1) is 16.9. The van der Waals surface area contributed by atoms with Crippen LogP contribution in [0, 0.1) is 5.82 Å². The maximum atomic E-state index is 13.9. The van der Waals surface area contributed by atoms with E-state index >= 15 is 0 Å². The van der Waals surface area contributed by atoms with Gasteiger partial charge in [0.15, 0.2) is 0 Å². The molecule has 3 rings (SSSR count). The van der Waals surface area contributed by atoms with Crippen LogP contribution in [0.2, 0.25) is 5.02 Å². The minimum atomic E-state index is -0.284. The van der Waals surface area contributed by atoms with E-state index in [0.717, 1.165) is 13.0 Å². The molecule has 6 heteroatoms. The second-order valence-corrected chi connectivity index (χ2v) is 6.24. The van der Waals surface area contributed by atoms with Crippen molar-refractivity contribution in [3.8, 4) is 0 Å². The van der Waals surface area contributed by atoms with Gasteiger partial charge in [0.1, 0.15) is 11.5 Å². The molecule has 2 heterocycles. The van der Waals surface area contributed by atoms with Crippen LogP contribution in [0.15, 0.2) is 42.6 Å². The summed E-state index contributed by atoms with van der Waals surface area (Å²) in [6.07, 6.45) is 2.46. The Morgan fingerprint density at radius 1 is 1.12 bits per heavy atom. The molecule has 0 N–H and O–H groups in total. The lowest BCUT2D eigenvalue weighted by molar-refractivity contribution is 0.0755.